The number of benzene rings is 1. The van der Waals surface area contributed by atoms with Crippen LogP contribution in [0.1, 0.15) is 42.6 Å². The first-order chi connectivity index (χ1) is 7.60. The van der Waals surface area contributed by atoms with Gasteiger partial charge in [0.15, 0.2) is 0 Å². The monoisotopic (exact) mass is 222 g/mol. The van der Waals surface area contributed by atoms with Crippen molar-refractivity contribution in [2.75, 3.05) is 13.7 Å². The lowest BCUT2D eigenvalue weighted by Crippen LogP contribution is -2.06. The fourth-order valence-electron chi connectivity index (χ4n) is 1.53. The Morgan fingerprint density at radius 2 is 2.06 bits per heavy atom. The van der Waals surface area contributed by atoms with Gasteiger partial charge >= 0.3 is 5.97 Å². The molecule has 0 heterocycles. The molecule has 0 aromatic heterocycles. The molecule has 0 amide bonds. The third-order valence-electron chi connectivity index (χ3n) is 2.36. The second-order valence-corrected chi connectivity index (χ2v) is 3.83. The van der Waals surface area contributed by atoms with E-state index >= 15 is 0 Å². The lowest BCUT2D eigenvalue weighted by molar-refractivity contribution is 0.0526. The predicted octanol–water partition coefficient (Wildman–Crippen LogP) is 3.00. The molecular weight excluding hydrogens is 204 g/mol. The smallest absolute Gasteiger partial charge is 0.338 e. The predicted molar refractivity (Wildman–Crippen MR) is 63.0 cm³/mol. The standard InChI is InChI=1S/C13H18O3/c1-5-16-13(14)10-6-7-12(15-4)11(8-10)9(2)3/h6-9H,5H2,1-4H3. The normalized spacial score (nSPS) is 10.3. The Kier molecular flexibility index (Phi) is 4.35. The summed E-state index contributed by atoms with van der Waals surface area (Å²) < 4.78 is 10.2. The van der Waals surface area contributed by atoms with Crippen LogP contribution >= 0.6 is 0 Å². The Balaban J connectivity index is 3.06. The van der Waals surface area contributed by atoms with E-state index in [-0.39, 0.29) is 5.97 Å². The molecule has 1 rings (SSSR count). The third kappa shape index (κ3) is 2.75. The lowest BCUT2D eigenvalue weighted by Gasteiger charge is -2.12. The van der Waals surface area contributed by atoms with E-state index in [1.54, 1.807) is 20.1 Å². The molecular formula is C13H18O3. The van der Waals surface area contributed by atoms with Crippen LogP contribution in [0.5, 0.6) is 5.75 Å². The van der Waals surface area contributed by atoms with Crippen LogP contribution < -0.4 is 4.74 Å². The van der Waals surface area contributed by atoms with E-state index in [0.29, 0.717) is 18.1 Å². The summed E-state index contributed by atoms with van der Waals surface area (Å²) in [5.41, 5.74) is 1.60. The highest BCUT2D eigenvalue weighted by Gasteiger charge is 2.12. The Hall–Kier alpha value is -1.51. The molecule has 1 aromatic rings. The van der Waals surface area contributed by atoms with Gasteiger partial charge in [-0.05, 0) is 36.6 Å². The van der Waals surface area contributed by atoms with Gasteiger partial charge in [0.1, 0.15) is 5.75 Å². The molecule has 0 aliphatic rings. The van der Waals surface area contributed by atoms with Crippen molar-refractivity contribution < 1.29 is 14.3 Å². The van der Waals surface area contributed by atoms with Crippen LogP contribution in [-0.2, 0) is 4.74 Å². The summed E-state index contributed by atoms with van der Waals surface area (Å²) in [5, 5.41) is 0. The summed E-state index contributed by atoms with van der Waals surface area (Å²) in [5.74, 6) is 0.833. The number of esters is 1. The number of hydrogen-bond donors (Lipinski definition) is 0. The minimum Gasteiger partial charge on any atom is -0.496 e. The van der Waals surface area contributed by atoms with Crippen LogP contribution in [0.2, 0.25) is 0 Å². The summed E-state index contributed by atoms with van der Waals surface area (Å²) in [6, 6.07) is 5.37. The Morgan fingerprint density at radius 3 is 2.56 bits per heavy atom. The molecule has 16 heavy (non-hydrogen) atoms. The molecule has 0 saturated carbocycles. The van der Waals surface area contributed by atoms with Crippen LogP contribution in [0.3, 0.4) is 0 Å². The van der Waals surface area contributed by atoms with Gasteiger partial charge in [-0.15, -0.1) is 0 Å². The van der Waals surface area contributed by atoms with Gasteiger partial charge in [-0.3, -0.25) is 0 Å². The highest BCUT2D eigenvalue weighted by atomic mass is 16.5. The van der Waals surface area contributed by atoms with Gasteiger partial charge < -0.3 is 9.47 Å². The fourth-order valence-corrected chi connectivity index (χ4v) is 1.53. The van der Waals surface area contributed by atoms with Crippen molar-refractivity contribution in [1.82, 2.24) is 0 Å². The van der Waals surface area contributed by atoms with Crippen molar-refractivity contribution in [3.63, 3.8) is 0 Å². The van der Waals surface area contributed by atoms with Gasteiger partial charge in [-0.2, -0.15) is 0 Å². The van der Waals surface area contributed by atoms with Crippen LogP contribution in [0.25, 0.3) is 0 Å². The van der Waals surface area contributed by atoms with Crippen molar-refractivity contribution in [1.29, 1.82) is 0 Å². The van der Waals surface area contributed by atoms with E-state index in [1.165, 1.54) is 0 Å². The van der Waals surface area contributed by atoms with Crippen LogP contribution in [0.15, 0.2) is 18.2 Å². The van der Waals surface area contributed by atoms with E-state index in [1.807, 2.05) is 12.1 Å². The fraction of sp³-hybridized carbons (Fsp3) is 0.462. The summed E-state index contributed by atoms with van der Waals surface area (Å²) in [6.45, 7) is 6.31. The molecule has 3 heteroatoms. The third-order valence-corrected chi connectivity index (χ3v) is 2.36. The van der Waals surface area contributed by atoms with Gasteiger partial charge in [-0.1, -0.05) is 13.8 Å². The molecule has 3 nitrogen and oxygen atoms in total. The first kappa shape index (κ1) is 12.6. The van der Waals surface area contributed by atoms with Gasteiger partial charge in [0.2, 0.25) is 0 Å². The maximum absolute atomic E-state index is 11.6. The van der Waals surface area contributed by atoms with Crippen LogP contribution in [0, 0.1) is 0 Å². The van der Waals surface area contributed by atoms with Crippen molar-refractivity contribution in [3.05, 3.63) is 29.3 Å². The maximum atomic E-state index is 11.6. The van der Waals surface area contributed by atoms with Crippen molar-refractivity contribution >= 4 is 5.97 Å². The topological polar surface area (TPSA) is 35.5 Å². The molecule has 88 valence electrons. The zero-order valence-electron chi connectivity index (χ0n) is 10.2. The molecule has 1 aromatic carbocycles. The summed E-state index contributed by atoms with van der Waals surface area (Å²) in [4.78, 5) is 11.6. The summed E-state index contributed by atoms with van der Waals surface area (Å²) in [7, 11) is 1.63. The van der Waals surface area contributed by atoms with Gasteiger partial charge in [0.25, 0.3) is 0 Å². The Labute approximate surface area is 96.4 Å². The molecule has 0 atom stereocenters. The second-order valence-electron chi connectivity index (χ2n) is 3.83. The van der Waals surface area contributed by atoms with Crippen LogP contribution in [0.4, 0.5) is 0 Å². The maximum Gasteiger partial charge on any atom is 0.338 e. The number of carbonyl (C=O) groups is 1. The highest BCUT2D eigenvalue weighted by molar-refractivity contribution is 5.89. The van der Waals surface area contributed by atoms with E-state index in [2.05, 4.69) is 13.8 Å². The molecule has 0 aliphatic heterocycles. The SMILES string of the molecule is CCOC(=O)c1ccc(OC)c(C(C)C)c1. The Bertz CT molecular complexity index is 369. The van der Waals surface area contributed by atoms with E-state index in [0.717, 1.165) is 11.3 Å². The number of rotatable bonds is 4. The molecule has 0 fully saturated rings. The average molecular weight is 222 g/mol. The minimum atomic E-state index is -0.285. The van der Waals surface area contributed by atoms with E-state index < -0.39 is 0 Å². The van der Waals surface area contributed by atoms with Gasteiger partial charge in [0.05, 0.1) is 19.3 Å². The molecule has 0 radical (unpaired) electrons. The minimum absolute atomic E-state index is 0.285. The van der Waals surface area contributed by atoms with Crippen LogP contribution in [-0.4, -0.2) is 19.7 Å². The van der Waals surface area contributed by atoms with E-state index in [9.17, 15) is 4.79 Å². The zero-order valence-corrected chi connectivity index (χ0v) is 10.2. The lowest BCUT2D eigenvalue weighted by atomic mass is 9.99. The average Bonchev–Trinajstić information content (AvgIpc) is 2.28. The highest BCUT2D eigenvalue weighted by Crippen LogP contribution is 2.27. The Morgan fingerprint density at radius 1 is 1.38 bits per heavy atom. The quantitative estimate of drug-likeness (QED) is 0.735. The van der Waals surface area contributed by atoms with Crippen molar-refractivity contribution in [3.8, 4) is 5.75 Å². The summed E-state index contributed by atoms with van der Waals surface area (Å²) in [6.07, 6.45) is 0. The molecule has 0 bridgehead atoms. The van der Waals surface area contributed by atoms with E-state index in [4.69, 9.17) is 9.47 Å². The molecule has 0 saturated heterocycles. The zero-order chi connectivity index (χ0) is 12.1. The van der Waals surface area contributed by atoms with Gasteiger partial charge in [-0.25, -0.2) is 4.79 Å². The second kappa shape index (κ2) is 5.54. The number of carbonyl (C=O) groups excluding carboxylic acids is 1. The largest absolute Gasteiger partial charge is 0.496 e. The molecule has 0 N–H and O–H groups in total. The first-order valence-electron chi connectivity index (χ1n) is 5.45. The number of methoxy groups -OCH3 is 1. The molecule has 0 spiro atoms. The number of ether oxygens (including phenoxy) is 2. The van der Waals surface area contributed by atoms with Gasteiger partial charge in [0, 0.05) is 0 Å². The number of hydrogen-bond acceptors (Lipinski definition) is 3. The molecule has 0 aliphatic carbocycles. The van der Waals surface area contributed by atoms with Crippen molar-refractivity contribution in [2.45, 2.75) is 26.7 Å². The summed E-state index contributed by atoms with van der Waals surface area (Å²) >= 11 is 0. The first-order valence-corrected chi connectivity index (χ1v) is 5.45. The molecule has 0 unspecified atom stereocenters. The van der Waals surface area contributed by atoms with Crippen molar-refractivity contribution in [2.24, 2.45) is 0 Å².